The first kappa shape index (κ1) is 12.2. The Labute approximate surface area is 107 Å². The molecule has 4 nitrogen and oxygen atoms in total. The van der Waals surface area contributed by atoms with Crippen LogP contribution in [0.15, 0.2) is 12.4 Å². The van der Waals surface area contributed by atoms with Crippen LogP contribution in [-0.2, 0) is 0 Å². The fourth-order valence-electron chi connectivity index (χ4n) is 2.20. The van der Waals surface area contributed by atoms with E-state index >= 15 is 0 Å². The molecule has 1 saturated heterocycles. The minimum absolute atomic E-state index is 0.295. The maximum atomic E-state index is 5.51. The molecule has 0 aromatic carbocycles. The van der Waals surface area contributed by atoms with Crippen LogP contribution in [0.25, 0.3) is 0 Å². The van der Waals surface area contributed by atoms with Crippen LogP contribution in [0.1, 0.15) is 32.4 Å². The van der Waals surface area contributed by atoms with E-state index in [9.17, 15) is 0 Å². The van der Waals surface area contributed by atoms with Crippen molar-refractivity contribution in [2.75, 3.05) is 11.4 Å². The summed E-state index contributed by atoms with van der Waals surface area (Å²) in [7, 11) is 0. The highest BCUT2D eigenvalue weighted by atomic mass is 32.1. The molecule has 1 fully saturated rings. The zero-order chi connectivity index (χ0) is 12.4. The zero-order valence-electron chi connectivity index (χ0n) is 10.3. The van der Waals surface area contributed by atoms with Crippen LogP contribution in [-0.4, -0.2) is 27.5 Å². The summed E-state index contributed by atoms with van der Waals surface area (Å²) in [5.41, 5.74) is 6.09. The van der Waals surface area contributed by atoms with Gasteiger partial charge in [0.15, 0.2) is 0 Å². The van der Waals surface area contributed by atoms with Crippen LogP contribution in [0.4, 0.5) is 5.82 Å². The molecule has 1 aliphatic heterocycles. The fraction of sp³-hybridized carbons (Fsp3) is 0.583. The highest BCUT2D eigenvalue weighted by Crippen LogP contribution is 2.25. The van der Waals surface area contributed by atoms with Gasteiger partial charge in [0.05, 0.1) is 12.4 Å². The van der Waals surface area contributed by atoms with Gasteiger partial charge in [-0.05, 0) is 25.7 Å². The third-order valence-electron chi connectivity index (χ3n) is 3.30. The summed E-state index contributed by atoms with van der Waals surface area (Å²) in [5.74, 6) is 1.63. The maximum absolute atomic E-state index is 5.51. The van der Waals surface area contributed by atoms with E-state index in [1.165, 1.54) is 12.8 Å². The third kappa shape index (κ3) is 2.72. The Hall–Kier alpha value is -1.23. The van der Waals surface area contributed by atoms with Gasteiger partial charge in [0, 0.05) is 12.6 Å². The summed E-state index contributed by atoms with van der Waals surface area (Å²) in [5, 5.41) is 0. The Morgan fingerprint density at radius 2 is 2.12 bits per heavy atom. The van der Waals surface area contributed by atoms with Crippen molar-refractivity contribution in [2.45, 2.75) is 32.7 Å². The van der Waals surface area contributed by atoms with Gasteiger partial charge in [-0.15, -0.1) is 0 Å². The second-order valence-electron chi connectivity index (χ2n) is 4.81. The Morgan fingerprint density at radius 3 is 2.71 bits per heavy atom. The minimum atomic E-state index is 0.295. The predicted octanol–water partition coefficient (Wildman–Crippen LogP) is 1.74. The molecule has 2 N–H and O–H groups in total. The first-order chi connectivity index (χ1) is 8.08. The summed E-state index contributed by atoms with van der Waals surface area (Å²) < 4.78 is 0. The van der Waals surface area contributed by atoms with Gasteiger partial charge in [0.2, 0.25) is 0 Å². The van der Waals surface area contributed by atoms with Gasteiger partial charge < -0.3 is 10.6 Å². The van der Waals surface area contributed by atoms with E-state index in [0.717, 1.165) is 12.4 Å². The summed E-state index contributed by atoms with van der Waals surface area (Å²) in [4.78, 5) is 11.3. The molecule has 2 heterocycles. The van der Waals surface area contributed by atoms with Gasteiger partial charge in [0.1, 0.15) is 16.5 Å². The SMILES string of the molecule is CC1CCC(C)N(c2cnc(C(N)=S)cn2)C1. The van der Waals surface area contributed by atoms with Crippen molar-refractivity contribution in [3.05, 3.63) is 18.1 Å². The molecule has 1 aromatic rings. The Bertz CT molecular complexity index is 403. The average molecular weight is 250 g/mol. The third-order valence-corrected chi connectivity index (χ3v) is 3.51. The first-order valence-corrected chi connectivity index (χ1v) is 6.37. The number of thiocarbonyl (C=S) groups is 1. The summed E-state index contributed by atoms with van der Waals surface area (Å²) in [6, 6.07) is 0.524. The number of hydrogen-bond acceptors (Lipinski definition) is 4. The topological polar surface area (TPSA) is 55.0 Å². The number of nitrogens with zero attached hydrogens (tertiary/aromatic N) is 3. The lowest BCUT2D eigenvalue weighted by atomic mass is 9.95. The lowest BCUT2D eigenvalue weighted by Gasteiger charge is -2.37. The maximum Gasteiger partial charge on any atom is 0.147 e. The molecule has 2 rings (SSSR count). The van der Waals surface area contributed by atoms with Gasteiger partial charge in [-0.2, -0.15) is 0 Å². The summed E-state index contributed by atoms with van der Waals surface area (Å²) >= 11 is 4.87. The number of nitrogens with two attached hydrogens (primary N) is 1. The molecule has 0 spiro atoms. The Morgan fingerprint density at radius 1 is 1.35 bits per heavy atom. The van der Waals surface area contributed by atoms with E-state index in [1.807, 2.05) is 0 Å². The molecule has 1 aromatic heterocycles. The Kier molecular flexibility index (Phi) is 3.57. The molecule has 5 heteroatoms. The van der Waals surface area contributed by atoms with Crippen molar-refractivity contribution in [1.29, 1.82) is 0 Å². The van der Waals surface area contributed by atoms with E-state index in [0.29, 0.717) is 22.6 Å². The molecule has 0 amide bonds. The highest BCUT2D eigenvalue weighted by Gasteiger charge is 2.24. The van der Waals surface area contributed by atoms with E-state index in [1.54, 1.807) is 12.4 Å². The van der Waals surface area contributed by atoms with Crippen LogP contribution < -0.4 is 10.6 Å². The van der Waals surface area contributed by atoms with Gasteiger partial charge in [-0.1, -0.05) is 19.1 Å². The number of piperidine rings is 1. The number of anilines is 1. The van der Waals surface area contributed by atoms with E-state index in [-0.39, 0.29) is 0 Å². The second-order valence-corrected chi connectivity index (χ2v) is 5.25. The van der Waals surface area contributed by atoms with Gasteiger partial charge in [-0.3, -0.25) is 0 Å². The molecule has 1 aliphatic rings. The molecule has 2 unspecified atom stereocenters. The molecule has 92 valence electrons. The van der Waals surface area contributed by atoms with E-state index in [2.05, 4.69) is 28.7 Å². The average Bonchev–Trinajstić information content (AvgIpc) is 2.32. The second kappa shape index (κ2) is 4.96. The minimum Gasteiger partial charge on any atom is -0.388 e. The predicted molar refractivity (Wildman–Crippen MR) is 73.1 cm³/mol. The van der Waals surface area contributed by atoms with Crippen LogP contribution in [0.5, 0.6) is 0 Å². The molecule has 0 aliphatic carbocycles. The normalized spacial score (nSPS) is 24.7. The van der Waals surface area contributed by atoms with Crippen molar-refractivity contribution in [1.82, 2.24) is 9.97 Å². The highest BCUT2D eigenvalue weighted by molar-refractivity contribution is 7.80. The number of hydrogen-bond donors (Lipinski definition) is 1. The molecule has 0 bridgehead atoms. The smallest absolute Gasteiger partial charge is 0.147 e. The lowest BCUT2D eigenvalue weighted by molar-refractivity contribution is 0.388. The largest absolute Gasteiger partial charge is 0.388 e. The molecular weight excluding hydrogens is 232 g/mol. The van der Waals surface area contributed by atoms with Crippen LogP contribution in [0.2, 0.25) is 0 Å². The van der Waals surface area contributed by atoms with Crippen LogP contribution in [0, 0.1) is 5.92 Å². The van der Waals surface area contributed by atoms with Gasteiger partial charge in [0.25, 0.3) is 0 Å². The summed E-state index contributed by atoms with van der Waals surface area (Å²) in [6.45, 7) is 5.55. The van der Waals surface area contributed by atoms with Crippen molar-refractivity contribution >= 4 is 23.0 Å². The van der Waals surface area contributed by atoms with Gasteiger partial charge >= 0.3 is 0 Å². The number of rotatable bonds is 2. The molecule has 2 atom stereocenters. The van der Waals surface area contributed by atoms with Crippen LogP contribution in [0.3, 0.4) is 0 Å². The van der Waals surface area contributed by atoms with Crippen molar-refractivity contribution in [2.24, 2.45) is 11.7 Å². The molecule has 0 saturated carbocycles. The van der Waals surface area contributed by atoms with Crippen LogP contribution >= 0.6 is 12.2 Å². The summed E-state index contributed by atoms with van der Waals surface area (Å²) in [6.07, 6.45) is 5.92. The standard InChI is InChI=1S/C12H18N4S/c1-8-3-4-9(2)16(7-8)11-6-14-10(5-15-11)12(13)17/h5-6,8-9H,3-4,7H2,1-2H3,(H2,13,17). The monoisotopic (exact) mass is 250 g/mol. The van der Waals surface area contributed by atoms with Gasteiger partial charge in [-0.25, -0.2) is 9.97 Å². The molecule has 17 heavy (non-hydrogen) atoms. The Balaban J connectivity index is 2.18. The fourth-order valence-corrected chi connectivity index (χ4v) is 2.31. The first-order valence-electron chi connectivity index (χ1n) is 5.96. The quantitative estimate of drug-likeness (QED) is 0.810. The lowest BCUT2D eigenvalue weighted by Crippen LogP contribution is -2.41. The number of aromatic nitrogens is 2. The molecular formula is C12H18N4S. The van der Waals surface area contributed by atoms with Crippen molar-refractivity contribution in [3.8, 4) is 0 Å². The van der Waals surface area contributed by atoms with Crippen molar-refractivity contribution in [3.63, 3.8) is 0 Å². The zero-order valence-corrected chi connectivity index (χ0v) is 11.1. The van der Waals surface area contributed by atoms with Crippen molar-refractivity contribution < 1.29 is 0 Å². The van der Waals surface area contributed by atoms with E-state index < -0.39 is 0 Å². The molecule has 0 radical (unpaired) electrons. The van der Waals surface area contributed by atoms with E-state index in [4.69, 9.17) is 18.0 Å².